The molecule has 0 unspecified atom stereocenters. The van der Waals surface area contributed by atoms with Gasteiger partial charge in [0.1, 0.15) is 0 Å². The lowest BCUT2D eigenvalue weighted by molar-refractivity contribution is -0.145. The smallest absolute Gasteiger partial charge is 0.308 e. The maximum Gasteiger partial charge on any atom is 0.308 e. The van der Waals surface area contributed by atoms with Crippen LogP contribution in [-0.4, -0.2) is 24.8 Å². The molecule has 0 aromatic rings. The molecule has 3 heteroatoms. The summed E-state index contributed by atoms with van der Waals surface area (Å²) in [4.78, 5) is 10.7. The molecule has 0 spiro atoms. The molecule has 0 fully saturated rings. The Morgan fingerprint density at radius 2 is 2.30 bits per heavy atom. The largest absolute Gasteiger partial charge is 0.469 e. The number of aliphatic hydroxyl groups excluding tert-OH is 1. The van der Waals surface area contributed by atoms with Gasteiger partial charge in [-0.1, -0.05) is 6.92 Å². The molecule has 0 bridgehead atoms. The maximum atomic E-state index is 10.7. The van der Waals surface area contributed by atoms with Crippen LogP contribution < -0.4 is 0 Å². The van der Waals surface area contributed by atoms with E-state index in [1.165, 1.54) is 7.11 Å². The van der Waals surface area contributed by atoms with E-state index in [0.717, 1.165) is 0 Å². The van der Waals surface area contributed by atoms with Gasteiger partial charge in [-0.05, 0) is 12.8 Å². The fourth-order valence-corrected chi connectivity index (χ4v) is 0.717. The minimum Gasteiger partial charge on any atom is -0.469 e. The summed E-state index contributed by atoms with van der Waals surface area (Å²) in [5.41, 5.74) is 0. The molecule has 60 valence electrons. The lowest BCUT2D eigenvalue weighted by atomic mass is 10.1. The van der Waals surface area contributed by atoms with E-state index in [1.54, 1.807) is 6.92 Å². The highest BCUT2D eigenvalue weighted by molar-refractivity contribution is 5.71. The third-order valence-corrected chi connectivity index (χ3v) is 1.40. The van der Waals surface area contributed by atoms with Gasteiger partial charge in [0, 0.05) is 6.61 Å². The molecule has 0 aliphatic heterocycles. The number of hydrogen-bond donors (Lipinski definition) is 1. The van der Waals surface area contributed by atoms with Gasteiger partial charge >= 0.3 is 5.97 Å². The zero-order valence-electron chi connectivity index (χ0n) is 6.46. The topological polar surface area (TPSA) is 46.5 Å². The number of carbonyl (C=O) groups excluding carboxylic acids is 1. The second kappa shape index (κ2) is 5.23. The standard InChI is InChI=1S/C7H14O3/c1-6(4-3-5-8)7(9)10-2/h6,8H,3-5H2,1-2H3/t6-/m0/s1. The summed E-state index contributed by atoms with van der Waals surface area (Å²) in [5.74, 6) is -0.286. The summed E-state index contributed by atoms with van der Waals surface area (Å²) < 4.78 is 4.49. The normalized spacial score (nSPS) is 12.7. The Bertz CT molecular complexity index is 101. The van der Waals surface area contributed by atoms with Gasteiger partial charge in [-0.2, -0.15) is 0 Å². The van der Waals surface area contributed by atoms with E-state index < -0.39 is 0 Å². The van der Waals surface area contributed by atoms with Crippen LogP contribution in [0.25, 0.3) is 0 Å². The van der Waals surface area contributed by atoms with Gasteiger partial charge in [0.2, 0.25) is 0 Å². The zero-order chi connectivity index (χ0) is 7.98. The molecule has 0 saturated carbocycles. The SMILES string of the molecule is COC(=O)[C@@H](C)CCCO. The molecule has 0 aromatic heterocycles. The van der Waals surface area contributed by atoms with Crippen LogP contribution in [0.2, 0.25) is 0 Å². The Kier molecular flexibility index (Phi) is 4.94. The fourth-order valence-electron chi connectivity index (χ4n) is 0.717. The van der Waals surface area contributed by atoms with E-state index >= 15 is 0 Å². The van der Waals surface area contributed by atoms with Crippen LogP contribution >= 0.6 is 0 Å². The van der Waals surface area contributed by atoms with Gasteiger partial charge in [0.25, 0.3) is 0 Å². The Morgan fingerprint density at radius 3 is 2.70 bits per heavy atom. The van der Waals surface area contributed by atoms with Crippen LogP contribution in [0.4, 0.5) is 0 Å². The van der Waals surface area contributed by atoms with Crippen molar-refractivity contribution in [3.63, 3.8) is 0 Å². The monoisotopic (exact) mass is 146 g/mol. The molecule has 0 amide bonds. The van der Waals surface area contributed by atoms with Crippen LogP contribution in [0.15, 0.2) is 0 Å². The van der Waals surface area contributed by atoms with Crippen LogP contribution in [-0.2, 0) is 9.53 Å². The first kappa shape index (κ1) is 9.43. The van der Waals surface area contributed by atoms with Crippen LogP contribution in [0, 0.1) is 5.92 Å². The molecular formula is C7H14O3. The van der Waals surface area contributed by atoms with Crippen molar-refractivity contribution in [2.45, 2.75) is 19.8 Å². The predicted molar refractivity (Wildman–Crippen MR) is 37.5 cm³/mol. The van der Waals surface area contributed by atoms with Crippen molar-refractivity contribution < 1.29 is 14.6 Å². The second-order valence-corrected chi connectivity index (χ2v) is 2.29. The van der Waals surface area contributed by atoms with E-state index in [2.05, 4.69) is 4.74 Å². The van der Waals surface area contributed by atoms with Gasteiger partial charge in [0.05, 0.1) is 13.0 Å². The van der Waals surface area contributed by atoms with Gasteiger partial charge in [-0.3, -0.25) is 4.79 Å². The van der Waals surface area contributed by atoms with Crippen molar-refractivity contribution in [2.24, 2.45) is 5.92 Å². The predicted octanol–water partition coefficient (Wildman–Crippen LogP) is 0.568. The molecule has 0 aliphatic carbocycles. The first-order valence-electron chi connectivity index (χ1n) is 3.41. The summed E-state index contributed by atoms with van der Waals surface area (Å²) in [5, 5.41) is 8.42. The molecule has 0 heterocycles. The average molecular weight is 146 g/mol. The van der Waals surface area contributed by atoms with Crippen LogP contribution in [0.1, 0.15) is 19.8 Å². The molecule has 10 heavy (non-hydrogen) atoms. The molecule has 0 aliphatic rings. The third-order valence-electron chi connectivity index (χ3n) is 1.40. The molecule has 0 rings (SSSR count). The van der Waals surface area contributed by atoms with E-state index in [-0.39, 0.29) is 18.5 Å². The molecule has 0 aromatic carbocycles. The maximum absolute atomic E-state index is 10.7. The highest BCUT2D eigenvalue weighted by atomic mass is 16.5. The number of ether oxygens (including phenoxy) is 1. The highest BCUT2D eigenvalue weighted by Crippen LogP contribution is 2.05. The first-order valence-corrected chi connectivity index (χ1v) is 3.41. The van der Waals surface area contributed by atoms with Crippen molar-refractivity contribution in [3.05, 3.63) is 0 Å². The molecule has 3 nitrogen and oxygen atoms in total. The number of esters is 1. The Hall–Kier alpha value is -0.570. The quantitative estimate of drug-likeness (QED) is 0.590. The zero-order valence-corrected chi connectivity index (χ0v) is 6.46. The number of aliphatic hydroxyl groups is 1. The number of hydrogen-bond acceptors (Lipinski definition) is 3. The Balaban J connectivity index is 3.41. The summed E-state index contributed by atoms with van der Waals surface area (Å²) in [7, 11) is 1.37. The molecule has 0 saturated heterocycles. The average Bonchev–Trinajstić information content (AvgIpc) is 1.98. The Morgan fingerprint density at radius 1 is 1.70 bits per heavy atom. The molecular weight excluding hydrogens is 132 g/mol. The Labute approximate surface area is 61.0 Å². The van der Waals surface area contributed by atoms with Gasteiger partial charge < -0.3 is 9.84 Å². The summed E-state index contributed by atoms with van der Waals surface area (Å²) in [6.07, 6.45) is 1.36. The van der Waals surface area contributed by atoms with Crippen molar-refractivity contribution in [3.8, 4) is 0 Å². The number of rotatable bonds is 4. The summed E-state index contributed by atoms with van der Waals surface area (Å²) in [6, 6.07) is 0. The van der Waals surface area contributed by atoms with E-state index in [1.807, 2.05) is 0 Å². The van der Waals surface area contributed by atoms with Crippen molar-refractivity contribution in [1.82, 2.24) is 0 Å². The number of carbonyl (C=O) groups is 1. The van der Waals surface area contributed by atoms with Gasteiger partial charge in [-0.25, -0.2) is 0 Å². The highest BCUT2D eigenvalue weighted by Gasteiger charge is 2.11. The first-order chi connectivity index (χ1) is 4.72. The van der Waals surface area contributed by atoms with Gasteiger partial charge in [0.15, 0.2) is 0 Å². The van der Waals surface area contributed by atoms with Crippen molar-refractivity contribution >= 4 is 5.97 Å². The van der Waals surface area contributed by atoms with E-state index in [9.17, 15) is 4.79 Å². The fraction of sp³-hybridized carbons (Fsp3) is 0.857. The van der Waals surface area contributed by atoms with Crippen LogP contribution in [0.5, 0.6) is 0 Å². The van der Waals surface area contributed by atoms with E-state index in [0.29, 0.717) is 12.8 Å². The molecule has 0 radical (unpaired) electrons. The van der Waals surface area contributed by atoms with Crippen molar-refractivity contribution in [2.75, 3.05) is 13.7 Å². The number of methoxy groups -OCH3 is 1. The minimum atomic E-state index is -0.201. The van der Waals surface area contributed by atoms with E-state index in [4.69, 9.17) is 5.11 Å². The lowest BCUT2D eigenvalue weighted by Gasteiger charge is -2.06. The van der Waals surface area contributed by atoms with Gasteiger partial charge in [-0.15, -0.1) is 0 Å². The third kappa shape index (κ3) is 3.45. The van der Waals surface area contributed by atoms with Crippen molar-refractivity contribution in [1.29, 1.82) is 0 Å². The summed E-state index contributed by atoms with van der Waals surface area (Å²) >= 11 is 0. The minimum absolute atomic E-state index is 0.0860. The van der Waals surface area contributed by atoms with Crippen LogP contribution in [0.3, 0.4) is 0 Å². The summed E-state index contributed by atoms with van der Waals surface area (Å²) in [6.45, 7) is 1.93. The molecule has 1 atom stereocenters. The second-order valence-electron chi connectivity index (χ2n) is 2.29. The lowest BCUT2D eigenvalue weighted by Crippen LogP contribution is -2.12. The molecule has 1 N–H and O–H groups in total.